The van der Waals surface area contributed by atoms with E-state index < -0.39 is 0 Å². The molecule has 0 aliphatic heterocycles. The summed E-state index contributed by atoms with van der Waals surface area (Å²) in [5.41, 5.74) is 0. The van der Waals surface area contributed by atoms with Gasteiger partial charge >= 0.3 is 0 Å². The standard InChI is InChI=1S/C3H6N2.C3H8/c4-2-1-3-5;1-3-2/h2-5H,1H2;3H2,1-2H3. The number of nitrogens with one attached hydrogen (secondary N) is 2. The predicted molar refractivity (Wildman–Crippen MR) is 38.1 cm³/mol. The molecule has 0 bridgehead atoms. The summed E-state index contributed by atoms with van der Waals surface area (Å²) in [6, 6.07) is 0. The van der Waals surface area contributed by atoms with Gasteiger partial charge in [0.15, 0.2) is 0 Å². The van der Waals surface area contributed by atoms with Gasteiger partial charge in [-0.1, -0.05) is 20.3 Å². The normalized spacial score (nSPS) is 6.25. The van der Waals surface area contributed by atoms with Crippen LogP contribution in [0.15, 0.2) is 0 Å². The Morgan fingerprint density at radius 3 is 1.38 bits per heavy atom. The molecule has 0 aromatic carbocycles. The first kappa shape index (κ1) is 10.3. The molecule has 0 heterocycles. The summed E-state index contributed by atoms with van der Waals surface area (Å²) in [5.74, 6) is 0. The van der Waals surface area contributed by atoms with Crippen LogP contribution in [-0.4, -0.2) is 12.4 Å². The van der Waals surface area contributed by atoms with Gasteiger partial charge in [-0.05, 0) is 0 Å². The molecule has 0 saturated heterocycles. The first-order valence-electron chi connectivity index (χ1n) is 2.81. The lowest BCUT2D eigenvalue weighted by atomic mass is 10.5. The van der Waals surface area contributed by atoms with E-state index in [0.717, 1.165) is 0 Å². The summed E-state index contributed by atoms with van der Waals surface area (Å²) in [5, 5.41) is 12.7. The highest BCUT2D eigenvalue weighted by Gasteiger charge is 1.56. The Bertz CT molecular complexity index is 44.5. The molecule has 0 unspecified atom stereocenters. The van der Waals surface area contributed by atoms with Crippen LogP contribution in [0.3, 0.4) is 0 Å². The van der Waals surface area contributed by atoms with Gasteiger partial charge in [0.2, 0.25) is 0 Å². The SMILES string of the molecule is CCC.N=CCC=N. The minimum absolute atomic E-state index is 0.472. The molecule has 0 radical (unpaired) electrons. The molecule has 48 valence electrons. The van der Waals surface area contributed by atoms with E-state index in [1.54, 1.807) is 0 Å². The van der Waals surface area contributed by atoms with E-state index >= 15 is 0 Å². The van der Waals surface area contributed by atoms with Crippen LogP contribution in [0.5, 0.6) is 0 Å². The van der Waals surface area contributed by atoms with E-state index in [1.807, 2.05) is 0 Å². The molecule has 0 spiro atoms. The van der Waals surface area contributed by atoms with Gasteiger partial charge in [-0.15, -0.1) is 0 Å². The van der Waals surface area contributed by atoms with Crippen LogP contribution in [-0.2, 0) is 0 Å². The summed E-state index contributed by atoms with van der Waals surface area (Å²) in [6.07, 6.45) is 4.10. The van der Waals surface area contributed by atoms with E-state index in [-0.39, 0.29) is 0 Å². The summed E-state index contributed by atoms with van der Waals surface area (Å²) in [7, 11) is 0. The Hall–Kier alpha value is -0.660. The van der Waals surface area contributed by atoms with Crippen LogP contribution < -0.4 is 0 Å². The van der Waals surface area contributed by atoms with Crippen molar-refractivity contribution >= 4 is 12.4 Å². The Morgan fingerprint density at radius 2 is 1.38 bits per heavy atom. The van der Waals surface area contributed by atoms with Crippen molar-refractivity contribution in [2.24, 2.45) is 0 Å². The highest BCUT2D eigenvalue weighted by atomic mass is 14.3. The molecule has 0 saturated carbocycles. The molecule has 2 nitrogen and oxygen atoms in total. The maximum atomic E-state index is 6.33. The second-order valence-corrected chi connectivity index (χ2v) is 1.35. The maximum Gasteiger partial charge on any atom is 0.0169 e. The summed E-state index contributed by atoms with van der Waals surface area (Å²) in [6.45, 7) is 4.25. The van der Waals surface area contributed by atoms with Crippen LogP contribution in [0.4, 0.5) is 0 Å². The first-order valence-corrected chi connectivity index (χ1v) is 2.81. The summed E-state index contributed by atoms with van der Waals surface area (Å²) < 4.78 is 0. The minimum atomic E-state index is 0.472. The van der Waals surface area contributed by atoms with Crippen LogP contribution >= 0.6 is 0 Å². The van der Waals surface area contributed by atoms with Crippen LogP contribution in [0.1, 0.15) is 26.7 Å². The molecule has 0 aromatic rings. The van der Waals surface area contributed by atoms with Gasteiger partial charge in [-0.25, -0.2) is 0 Å². The summed E-state index contributed by atoms with van der Waals surface area (Å²) in [4.78, 5) is 0. The van der Waals surface area contributed by atoms with Gasteiger partial charge in [0.1, 0.15) is 0 Å². The van der Waals surface area contributed by atoms with Gasteiger partial charge in [0, 0.05) is 18.9 Å². The maximum absolute atomic E-state index is 6.33. The Balaban J connectivity index is 0. The van der Waals surface area contributed by atoms with E-state index in [4.69, 9.17) is 10.8 Å². The number of hydrogen-bond acceptors (Lipinski definition) is 2. The van der Waals surface area contributed by atoms with Crippen molar-refractivity contribution in [2.75, 3.05) is 0 Å². The Labute approximate surface area is 50.9 Å². The molecule has 0 atom stereocenters. The highest BCUT2D eigenvalue weighted by Crippen LogP contribution is 1.56. The Morgan fingerprint density at radius 1 is 1.12 bits per heavy atom. The first-order chi connectivity index (χ1) is 3.83. The van der Waals surface area contributed by atoms with Crippen molar-refractivity contribution in [2.45, 2.75) is 26.7 Å². The fourth-order valence-corrected chi connectivity index (χ4v) is 0.0589. The third kappa shape index (κ3) is 56.0. The fourth-order valence-electron chi connectivity index (χ4n) is 0.0589. The van der Waals surface area contributed by atoms with Crippen molar-refractivity contribution in [1.29, 1.82) is 10.8 Å². The summed E-state index contributed by atoms with van der Waals surface area (Å²) >= 11 is 0. The smallest absolute Gasteiger partial charge is 0.0169 e. The van der Waals surface area contributed by atoms with Gasteiger partial charge in [0.25, 0.3) is 0 Å². The molecular weight excluding hydrogens is 100 g/mol. The molecule has 8 heavy (non-hydrogen) atoms. The molecule has 0 rings (SSSR count). The molecule has 2 heteroatoms. The van der Waals surface area contributed by atoms with Gasteiger partial charge in [-0.3, -0.25) is 0 Å². The zero-order chi connectivity index (χ0) is 6.83. The van der Waals surface area contributed by atoms with E-state index in [0.29, 0.717) is 6.42 Å². The quantitative estimate of drug-likeness (QED) is 0.516. The van der Waals surface area contributed by atoms with Gasteiger partial charge in [0.05, 0.1) is 0 Å². The van der Waals surface area contributed by atoms with Crippen molar-refractivity contribution in [3.63, 3.8) is 0 Å². The predicted octanol–water partition coefficient (Wildman–Crippen LogP) is 2.09. The fraction of sp³-hybridized carbons (Fsp3) is 0.667. The molecule has 0 amide bonds. The van der Waals surface area contributed by atoms with Crippen molar-refractivity contribution in [1.82, 2.24) is 0 Å². The van der Waals surface area contributed by atoms with E-state index in [2.05, 4.69) is 13.8 Å². The largest absolute Gasteiger partial charge is 0.313 e. The second kappa shape index (κ2) is 16.2. The Kier molecular flexibility index (Phi) is 21.0. The average Bonchev–Trinajstić information content (AvgIpc) is 1.71. The molecular formula is C6H14N2. The van der Waals surface area contributed by atoms with Gasteiger partial charge < -0.3 is 10.8 Å². The topological polar surface area (TPSA) is 47.7 Å². The van der Waals surface area contributed by atoms with Crippen molar-refractivity contribution < 1.29 is 0 Å². The second-order valence-electron chi connectivity index (χ2n) is 1.35. The zero-order valence-electron chi connectivity index (χ0n) is 5.57. The van der Waals surface area contributed by atoms with Gasteiger partial charge in [-0.2, -0.15) is 0 Å². The molecule has 0 fully saturated rings. The third-order valence-electron chi connectivity index (χ3n) is 0.236. The van der Waals surface area contributed by atoms with Crippen molar-refractivity contribution in [3.05, 3.63) is 0 Å². The van der Waals surface area contributed by atoms with E-state index in [1.165, 1.54) is 18.9 Å². The van der Waals surface area contributed by atoms with E-state index in [9.17, 15) is 0 Å². The molecule has 0 aromatic heterocycles. The van der Waals surface area contributed by atoms with Crippen LogP contribution in [0.25, 0.3) is 0 Å². The highest BCUT2D eigenvalue weighted by molar-refractivity contribution is 5.75. The lowest BCUT2D eigenvalue weighted by molar-refractivity contribution is 1.09. The molecule has 0 aliphatic carbocycles. The number of hydrogen-bond donors (Lipinski definition) is 2. The molecule has 2 N–H and O–H groups in total. The van der Waals surface area contributed by atoms with Crippen molar-refractivity contribution in [3.8, 4) is 0 Å². The lowest BCUT2D eigenvalue weighted by Gasteiger charge is -1.61. The van der Waals surface area contributed by atoms with Crippen LogP contribution in [0.2, 0.25) is 0 Å². The third-order valence-corrected chi connectivity index (χ3v) is 0.236. The monoisotopic (exact) mass is 114 g/mol. The average molecular weight is 114 g/mol. The lowest BCUT2D eigenvalue weighted by Crippen LogP contribution is -1.67. The number of rotatable bonds is 2. The minimum Gasteiger partial charge on any atom is -0.313 e. The van der Waals surface area contributed by atoms with Crippen LogP contribution in [0, 0.1) is 10.8 Å². The molecule has 0 aliphatic rings. The zero-order valence-corrected chi connectivity index (χ0v) is 5.57.